The van der Waals surface area contributed by atoms with E-state index in [1.54, 1.807) is 30.3 Å². The van der Waals surface area contributed by atoms with E-state index >= 15 is 0 Å². The lowest BCUT2D eigenvalue weighted by Gasteiger charge is -2.21. The van der Waals surface area contributed by atoms with Crippen LogP contribution in [0.1, 0.15) is 48.0 Å². The minimum atomic E-state index is -0.382. The van der Waals surface area contributed by atoms with Crippen LogP contribution in [0.3, 0.4) is 0 Å². The number of nitrogens with one attached hydrogen (secondary N) is 2. The molecule has 168 valence electrons. The molecule has 7 heteroatoms. The standard InChI is InChI=1S/C25H28ClN3O3/c26-20-9-4-3-8-18(20)17-23-25(31)28-21-16-19(10-11-22(21)32-23)24(30)27-12-7-15-29-13-5-1-2-6-14-29/h3-4,8-11,16-17H,1-2,5-7,12-15H2,(H,27,30)(H,28,31). The third-order valence-electron chi connectivity index (χ3n) is 5.76. The number of halogens is 1. The first kappa shape index (κ1) is 22.4. The molecule has 0 atom stereocenters. The summed E-state index contributed by atoms with van der Waals surface area (Å²) in [5.74, 6) is 0.0969. The average Bonchev–Trinajstić information content (AvgIpc) is 3.07. The van der Waals surface area contributed by atoms with Gasteiger partial charge in [-0.2, -0.15) is 0 Å². The van der Waals surface area contributed by atoms with Crippen LogP contribution in [0.4, 0.5) is 5.69 Å². The van der Waals surface area contributed by atoms with Crippen LogP contribution in [0.2, 0.25) is 5.02 Å². The minimum absolute atomic E-state index is 0.149. The zero-order chi connectivity index (χ0) is 22.3. The van der Waals surface area contributed by atoms with Gasteiger partial charge in [0.05, 0.1) is 5.69 Å². The first-order valence-corrected chi connectivity index (χ1v) is 11.6. The first-order valence-electron chi connectivity index (χ1n) is 11.2. The molecule has 2 aliphatic rings. The van der Waals surface area contributed by atoms with E-state index in [-0.39, 0.29) is 17.6 Å². The van der Waals surface area contributed by atoms with Gasteiger partial charge < -0.3 is 20.3 Å². The van der Waals surface area contributed by atoms with Gasteiger partial charge in [-0.3, -0.25) is 9.59 Å². The predicted molar refractivity (Wildman–Crippen MR) is 127 cm³/mol. The monoisotopic (exact) mass is 453 g/mol. The summed E-state index contributed by atoms with van der Waals surface area (Å²) < 4.78 is 5.77. The molecule has 0 aliphatic carbocycles. The molecule has 6 nitrogen and oxygen atoms in total. The number of hydrogen-bond donors (Lipinski definition) is 2. The molecular weight excluding hydrogens is 426 g/mol. The highest BCUT2D eigenvalue weighted by Crippen LogP contribution is 2.33. The predicted octanol–water partition coefficient (Wildman–Crippen LogP) is 4.71. The third kappa shape index (κ3) is 5.69. The number of ether oxygens (including phenoxy) is 1. The Kier molecular flexibility index (Phi) is 7.45. The fraction of sp³-hybridized carbons (Fsp3) is 0.360. The van der Waals surface area contributed by atoms with Gasteiger partial charge in [0.25, 0.3) is 11.8 Å². The normalized spacial score (nSPS) is 17.8. The topological polar surface area (TPSA) is 70.7 Å². The van der Waals surface area contributed by atoms with E-state index in [0.29, 0.717) is 34.1 Å². The molecule has 1 saturated heterocycles. The Morgan fingerprint density at radius 1 is 1.12 bits per heavy atom. The summed E-state index contributed by atoms with van der Waals surface area (Å²) in [7, 11) is 0. The Balaban J connectivity index is 1.34. The Bertz CT molecular complexity index is 1010. The van der Waals surface area contributed by atoms with Gasteiger partial charge in [-0.1, -0.05) is 42.6 Å². The van der Waals surface area contributed by atoms with Gasteiger partial charge in [0.1, 0.15) is 0 Å². The molecule has 2 aromatic rings. The number of fused-ring (bicyclic) bond motifs is 1. The molecule has 4 rings (SSSR count). The molecule has 2 aliphatic heterocycles. The molecule has 0 aromatic heterocycles. The molecule has 2 aromatic carbocycles. The summed E-state index contributed by atoms with van der Waals surface area (Å²) in [6, 6.07) is 12.3. The maximum Gasteiger partial charge on any atom is 0.291 e. The Hall–Kier alpha value is -2.83. The summed E-state index contributed by atoms with van der Waals surface area (Å²) in [5.41, 5.74) is 1.66. The van der Waals surface area contributed by atoms with E-state index in [1.807, 2.05) is 18.2 Å². The maximum atomic E-state index is 12.6. The van der Waals surface area contributed by atoms with Crippen molar-refractivity contribution in [3.63, 3.8) is 0 Å². The smallest absolute Gasteiger partial charge is 0.291 e. The minimum Gasteiger partial charge on any atom is -0.449 e. The number of rotatable bonds is 6. The van der Waals surface area contributed by atoms with Gasteiger partial charge in [-0.15, -0.1) is 0 Å². The lowest BCUT2D eigenvalue weighted by atomic mass is 10.1. The molecule has 0 unspecified atom stereocenters. The molecule has 2 amide bonds. The van der Waals surface area contributed by atoms with Crippen molar-refractivity contribution in [2.24, 2.45) is 0 Å². The van der Waals surface area contributed by atoms with Gasteiger partial charge in [0, 0.05) is 17.1 Å². The summed E-state index contributed by atoms with van der Waals surface area (Å²) in [4.78, 5) is 27.5. The van der Waals surface area contributed by atoms with Crippen molar-refractivity contribution < 1.29 is 14.3 Å². The highest BCUT2D eigenvalue weighted by Gasteiger charge is 2.23. The zero-order valence-corrected chi connectivity index (χ0v) is 18.8. The van der Waals surface area contributed by atoms with Gasteiger partial charge in [0.15, 0.2) is 11.5 Å². The molecule has 0 bridgehead atoms. The van der Waals surface area contributed by atoms with Crippen LogP contribution >= 0.6 is 11.6 Å². The SMILES string of the molecule is O=C1Nc2cc(C(=O)NCCCN3CCCCCC3)ccc2OC1=Cc1ccccc1Cl. The summed E-state index contributed by atoms with van der Waals surface area (Å²) in [6.07, 6.45) is 7.71. The van der Waals surface area contributed by atoms with E-state index in [4.69, 9.17) is 16.3 Å². The van der Waals surface area contributed by atoms with Crippen molar-refractivity contribution in [3.8, 4) is 5.75 Å². The van der Waals surface area contributed by atoms with Crippen LogP contribution in [-0.4, -0.2) is 42.9 Å². The van der Waals surface area contributed by atoms with Crippen LogP contribution in [0, 0.1) is 0 Å². The number of nitrogens with zero attached hydrogens (tertiary/aromatic N) is 1. The Morgan fingerprint density at radius 3 is 2.69 bits per heavy atom. The van der Waals surface area contributed by atoms with Gasteiger partial charge in [0.2, 0.25) is 0 Å². The van der Waals surface area contributed by atoms with E-state index in [9.17, 15) is 9.59 Å². The fourth-order valence-electron chi connectivity index (χ4n) is 4.00. The molecule has 0 radical (unpaired) electrons. The van der Waals surface area contributed by atoms with E-state index < -0.39 is 0 Å². The number of carbonyl (C=O) groups excluding carboxylic acids is 2. The van der Waals surface area contributed by atoms with Crippen molar-refractivity contribution >= 4 is 35.2 Å². The number of benzene rings is 2. The molecule has 0 saturated carbocycles. The summed E-state index contributed by atoms with van der Waals surface area (Å²) in [5, 5.41) is 6.31. The molecule has 2 heterocycles. The quantitative estimate of drug-likeness (QED) is 0.491. The second kappa shape index (κ2) is 10.7. The highest BCUT2D eigenvalue weighted by atomic mass is 35.5. The van der Waals surface area contributed by atoms with Crippen molar-refractivity contribution in [2.75, 3.05) is 31.5 Å². The summed E-state index contributed by atoms with van der Waals surface area (Å²) >= 11 is 6.17. The number of likely N-dealkylation sites (tertiary alicyclic amines) is 1. The third-order valence-corrected chi connectivity index (χ3v) is 6.11. The molecule has 2 N–H and O–H groups in total. The zero-order valence-electron chi connectivity index (χ0n) is 18.0. The molecular formula is C25H28ClN3O3. The largest absolute Gasteiger partial charge is 0.449 e. The molecule has 0 spiro atoms. The van der Waals surface area contributed by atoms with Gasteiger partial charge in [-0.25, -0.2) is 0 Å². The highest BCUT2D eigenvalue weighted by molar-refractivity contribution is 6.32. The first-order chi connectivity index (χ1) is 15.6. The lowest BCUT2D eigenvalue weighted by Crippen LogP contribution is -2.30. The summed E-state index contributed by atoms with van der Waals surface area (Å²) in [6.45, 7) is 3.95. The Morgan fingerprint density at radius 2 is 1.91 bits per heavy atom. The number of anilines is 1. The maximum absolute atomic E-state index is 12.6. The number of hydrogen-bond acceptors (Lipinski definition) is 4. The van der Waals surface area contributed by atoms with E-state index in [0.717, 1.165) is 26.1 Å². The van der Waals surface area contributed by atoms with Crippen molar-refractivity contribution in [3.05, 3.63) is 64.4 Å². The van der Waals surface area contributed by atoms with E-state index in [2.05, 4.69) is 15.5 Å². The number of amides is 2. The van der Waals surface area contributed by atoms with Gasteiger partial charge >= 0.3 is 0 Å². The van der Waals surface area contributed by atoms with Crippen LogP contribution in [0.25, 0.3) is 6.08 Å². The lowest BCUT2D eigenvalue weighted by molar-refractivity contribution is -0.115. The van der Waals surface area contributed by atoms with Crippen LogP contribution < -0.4 is 15.4 Å². The second-order valence-electron chi connectivity index (χ2n) is 8.16. The van der Waals surface area contributed by atoms with Crippen LogP contribution in [-0.2, 0) is 4.79 Å². The molecule has 1 fully saturated rings. The Labute approximate surface area is 193 Å². The van der Waals surface area contributed by atoms with Crippen molar-refractivity contribution in [1.29, 1.82) is 0 Å². The number of carbonyl (C=O) groups is 2. The fourth-order valence-corrected chi connectivity index (χ4v) is 4.19. The van der Waals surface area contributed by atoms with Crippen molar-refractivity contribution in [2.45, 2.75) is 32.1 Å². The van der Waals surface area contributed by atoms with Gasteiger partial charge in [-0.05, 0) is 74.8 Å². The van der Waals surface area contributed by atoms with Crippen LogP contribution in [0.5, 0.6) is 5.75 Å². The average molecular weight is 454 g/mol. The second-order valence-corrected chi connectivity index (χ2v) is 8.57. The van der Waals surface area contributed by atoms with Crippen LogP contribution in [0.15, 0.2) is 48.2 Å². The molecule has 32 heavy (non-hydrogen) atoms. The van der Waals surface area contributed by atoms with Crippen molar-refractivity contribution in [1.82, 2.24) is 10.2 Å². The van der Waals surface area contributed by atoms with E-state index in [1.165, 1.54) is 25.7 Å².